The van der Waals surface area contributed by atoms with Crippen LogP contribution in [0.15, 0.2) is 36.5 Å². The van der Waals surface area contributed by atoms with Gasteiger partial charge in [-0.05, 0) is 24.3 Å². The third-order valence-electron chi connectivity index (χ3n) is 2.83. The molecule has 0 saturated carbocycles. The van der Waals surface area contributed by atoms with Crippen molar-refractivity contribution in [1.82, 2.24) is 4.98 Å². The van der Waals surface area contributed by atoms with E-state index < -0.39 is 11.7 Å². The van der Waals surface area contributed by atoms with Crippen LogP contribution < -0.4 is 10.1 Å². The van der Waals surface area contributed by atoms with Gasteiger partial charge < -0.3 is 10.1 Å². The topological polar surface area (TPSA) is 34.1 Å². The Labute approximate surface area is 124 Å². The Morgan fingerprint density at radius 1 is 1.29 bits per heavy atom. The summed E-state index contributed by atoms with van der Waals surface area (Å²) in [6.07, 6.45) is -3.30. The van der Waals surface area contributed by atoms with Crippen molar-refractivity contribution in [3.8, 4) is 5.75 Å². The van der Waals surface area contributed by atoms with Crippen LogP contribution in [0.2, 0.25) is 5.02 Å². The van der Waals surface area contributed by atoms with Crippen LogP contribution in [0, 0.1) is 0 Å². The molecule has 0 spiro atoms. The van der Waals surface area contributed by atoms with E-state index in [4.69, 9.17) is 16.3 Å². The summed E-state index contributed by atoms with van der Waals surface area (Å²) in [6.45, 7) is 0.206. The Morgan fingerprint density at radius 2 is 2.05 bits per heavy atom. The second-order valence-electron chi connectivity index (χ2n) is 4.20. The van der Waals surface area contributed by atoms with Crippen LogP contribution in [0.1, 0.15) is 11.1 Å². The van der Waals surface area contributed by atoms with Gasteiger partial charge in [0.05, 0.1) is 12.7 Å². The minimum atomic E-state index is -4.40. The number of rotatable bonds is 4. The molecule has 1 aromatic heterocycles. The quantitative estimate of drug-likeness (QED) is 0.909. The second kappa shape index (κ2) is 6.22. The van der Waals surface area contributed by atoms with E-state index in [2.05, 4.69) is 10.3 Å². The third-order valence-corrected chi connectivity index (χ3v) is 3.18. The van der Waals surface area contributed by atoms with Crippen LogP contribution in [-0.2, 0) is 12.7 Å². The molecule has 2 aromatic rings. The van der Waals surface area contributed by atoms with E-state index in [-0.39, 0.29) is 12.4 Å². The number of halogens is 4. The molecule has 0 aliphatic carbocycles. The highest BCUT2D eigenvalue weighted by Crippen LogP contribution is 2.31. The van der Waals surface area contributed by atoms with Crippen LogP contribution >= 0.6 is 11.6 Å². The summed E-state index contributed by atoms with van der Waals surface area (Å²) in [5, 5.41) is 3.28. The smallest absolute Gasteiger partial charge is 0.416 e. The van der Waals surface area contributed by atoms with Gasteiger partial charge in [-0.3, -0.25) is 0 Å². The fourth-order valence-corrected chi connectivity index (χ4v) is 2.02. The Balaban J connectivity index is 2.18. The van der Waals surface area contributed by atoms with E-state index in [1.807, 2.05) is 0 Å². The summed E-state index contributed by atoms with van der Waals surface area (Å²) in [5.41, 5.74) is -0.105. The first-order valence-electron chi connectivity index (χ1n) is 6.00. The normalized spacial score (nSPS) is 11.3. The molecule has 0 aliphatic heterocycles. The van der Waals surface area contributed by atoms with Gasteiger partial charge in [0, 0.05) is 23.3 Å². The zero-order chi connectivity index (χ0) is 15.5. The predicted molar refractivity (Wildman–Crippen MR) is 74.6 cm³/mol. The number of anilines is 1. The van der Waals surface area contributed by atoms with Gasteiger partial charge in [-0.25, -0.2) is 4.98 Å². The molecule has 3 nitrogen and oxygen atoms in total. The van der Waals surface area contributed by atoms with E-state index in [1.54, 1.807) is 18.2 Å². The van der Waals surface area contributed by atoms with Crippen molar-refractivity contribution in [1.29, 1.82) is 0 Å². The maximum absolute atomic E-state index is 12.6. The second-order valence-corrected chi connectivity index (χ2v) is 4.61. The molecule has 1 N–H and O–H groups in total. The van der Waals surface area contributed by atoms with Crippen molar-refractivity contribution in [2.75, 3.05) is 12.4 Å². The fourth-order valence-electron chi connectivity index (χ4n) is 1.78. The highest BCUT2D eigenvalue weighted by Gasteiger charge is 2.30. The molecule has 7 heteroatoms. The molecule has 0 radical (unpaired) electrons. The summed E-state index contributed by atoms with van der Waals surface area (Å²) in [4.78, 5) is 3.86. The Kier molecular flexibility index (Phi) is 4.57. The fraction of sp³-hybridized carbons (Fsp3) is 0.214. The van der Waals surface area contributed by atoms with E-state index in [9.17, 15) is 13.2 Å². The van der Waals surface area contributed by atoms with Crippen molar-refractivity contribution in [2.24, 2.45) is 0 Å². The lowest BCUT2D eigenvalue weighted by molar-refractivity contribution is -0.137. The SMILES string of the molecule is COc1cccc(Cl)c1CNc1cc(C(F)(F)F)ccn1. The first-order valence-corrected chi connectivity index (χ1v) is 6.38. The number of alkyl halides is 3. The summed E-state index contributed by atoms with van der Waals surface area (Å²) < 4.78 is 43.0. The molecule has 0 bridgehead atoms. The number of hydrogen-bond acceptors (Lipinski definition) is 3. The summed E-state index contributed by atoms with van der Waals surface area (Å²) in [7, 11) is 1.50. The zero-order valence-electron chi connectivity index (χ0n) is 11.0. The molecular formula is C14H12ClF3N2O. The van der Waals surface area contributed by atoms with Crippen LogP contribution in [0.3, 0.4) is 0 Å². The lowest BCUT2D eigenvalue weighted by Crippen LogP contribution is -2.08. The number of benzene rings is 1. The van der Waals surface area contributed by atoms with Crippen molar-refractivity contribution in [3.05, 3.63) is 52.7 Å². The third kappa shape index (κ3) is 3.78. The molecule has 1 aromatic carbocycles. The summed E-state index contributed by atoms with van der Waals surface area (Å²) in [5.74, 6) is 0.675. The van der Waals surface area contributed by atoms with Crippen molar-refractivity contribution >= 4 is 17.4 Å². The molecule has 0 aliphatic rings. The van der Waals surface area contributed by atoms with E-state index in [0.717, 1.165) is 18.3 Å². The van der Waals surface area contributed by atoms with Gasteiger partial charge in [-0.1, -0.05) is 17.7 Å². The lowest BCUT2D eigenvalue weighted by Gasteiger charge is -2.13. The maximum Gasteiger partial charge on any atom is 0.416 e. The van der Waals surface area contributed by atoms with E-state index in [1.165, 1.54) is 7.11 Å². The van der Waals surface area contributed by atoms with E-state index in [0.29, 0.717) is 16.3 Å². The van der Waals surface area contributed by atoms with Crippen LogP contribution in [0.5, 0.6) is 5.75 Å². The number of pyridine rings is 1. The molecule has 112 valence electrons. The highest BCUT2D eigenvalue weighted by atomic mass is 35.5. The van der Waals surface area contributed by atoms with Crippen molar-refractivity contribution in [3.63, 3.8) is 0 Å². The predicted octanol–water partition coefficient (Wildman–Crippen LogP) is 4.37. The number of nitrogens with zero attached hydrogens (tertiary/aromatic N) is 1. The average Bonchev–Trinajstić information content (AvgIpc) is 2.45. The highest BCUT2D eigenvalue weighted by molar-refractivity contribution is 6.31. The van der Waals surface area contributed by atoms with Gasteiger partial charge in [0.1, 0.15) is 11.6 Å². The van der Waals surface area contributed by atoms with Gasteiger partial charge in [0.15, 0.2) is 0 Å². The lowest BCUT2D eigenvalue weighted by atomic mass is 10.2. The van der Waals surface area contributed by atoms with Crippen LogP contribution in [0.4, 0.5) is 19.0 Å². The number of methoxy groups -OCH3 is 1. The minimum absolute atomic E-state index is 0.117. The van der Waals surface area contributed by atoms with Gasteiger partial charge in [-0.2, -0.15) is 13.2 Å². The summed E-state index contributed by atoms with van der Waals surface area (Å²) >= 11 is 6.06. The molecule has 0 fully saturated rings. The molecule has 1 heterocycles. The van der Waals surface area contributed by atoms with Gasteiger partial charge in [-0.15, -0.1) is 0 Å². The largest absolute Gasteiger partial charge is 0.496 e. The van der Waals surface area contributed by atoms with E-state index >= 15 is 0 Å². The maximum atomic E-state index is 12.6. The van der Waals surface area contributed by atoms with Crippen LogP contribution in [0.25, 0.3) is 0 Å². The van der Waals surface area contributed by atoms with Crippen molar-refractivity contribution in [2.45, 2.75) is 12.7 Å². The molecule has 2 rings (SSSR count). The zero-order valence-corrected chi connectivity index (χ0v) is 11.8. The standard InChI is InChI=1S/C14H12ClF3N2O/c1-21-12-4-2-3-11(15)10(12)8-20-13-7-9(5-6-19-13)14(16,17)18/h2-7H,8H2,1H3,(H,19,20). The summed E-state index contributed by atoms with van der Waals surface area (Å²) in [6, 6.07) is 7.00. The van der Waals surface area contributed by atoms with Gasteiger partial charge in [0.2, 0.25) is 0 Å². The van der Waals surface area contributed by atoms with Crippen molar-refractivity contribution < 1.29 is 17.9 Å². The number of aromatic nitrogens is 1. The first-order chi connectivity index (χ1) is 9.91. The molecule has 21 heavy (non-hydrogen) atoms. The molecular weight excluding hydrogens is 305 g/mol. The molecule has 0 amide bonds. The average molecular weight is 317 g/mol. The minimum Gasteiger partial charge on any atom is -0.496 e. The molecule has 0 saturated heterocycles. The molecule has 0 atom stereocenters. The number of hydrogen-bond donors (Lipinski definition) is 1. The number of nitrogens with one attached hydrogen (secondary N) is 1. The Morgan fingerprint density at radius 3 is 2.71 bits per heavy atom. The number of ether oxygens (including phenoxy) is 1. The molecule has 0 unspecified atom stereocenters. The first kappa shape index (κ1) is 15.4. The van der Waals surface area contributed by atoms with Crippen LogP contribution in [-0.4, -0.2) is 12.1 Å². The van der Waals surface area contributed by atoms with Gasteiger partial charge >= 0.3 is 6.18 Å². The van der Waals surface area contributed by atoms with Gasteiger partial charge in [0.25, 0.3) is 0 Å². The Hall–Kier alpha value is -1.95. The monoisotopic (exact) mass is 316 g/mol. The Bertz CT molecular complexity index is 632.